The van der Waals surface area contributed by atoms with Gasteiger partial charge in [-0.25, -0.2) is 9.97 Å². The average molecular weight is 549 g/mol. The maximum Gasteiger partial charge on any atom is 0.416 e. The highest BCUT2D eigenvalue weighted by Gasteiger charge is 2.30. The zero-order chi connectivity index (χ0) is 28.6. The van der Waals surface area contributed by atoms with E-state index in [1.807, 2.05) is 50.2 Å². The summed E-state index contributed by atoms with van der Waals surface area (Å²) in [4.78, 5) is 16.1. The van der Waals surface area contributed by atoms with E-state index in [9.17, 15) is 13.2 Å². The van der Waals surface area contributed by atoms with E-state index in [-0.39, 0.29) is 0 Å². The lowest BCUT2D eigenvalue weighted by Gasteiger charge is -2.07. The molecule has 4 aromatic carbocycles. The van der Waals surface area contributed by atoms with Crippen molar-refractivity contribution >= 4 is 0 Å². The monoisotopic (exact) mass is 548 g/mol. The van der Waals surface area contributed by atoms with Crippen LogP contribution in [0.2, 0.25) is 0 Å². The second-order valence-corrected chi connectivity index (χ2v) is 10.1. The van der Waals surface area contributed by atoms with Gasteiger partial charge in [-0.3, -0.25) is 0 Å². The topological polar surface area (TPSA) is 57.4 Å². The first-order valence-electron chi connectivity index (χ1n) is 13.3. The number of aryl methyl sites for hydroxylation is 2. The highest BCUT2D eigenvalue weighted by molar-refractivity contribution is 5.69. The Morgan fingerprint density at radius 3 is 1.71 bits per heavy atom. The normalized spacial score (nSPS) is 11.6. The number of nitrogens with one attached hydrogen (secondary N) is 2. The van der Waals surface area contributed by atoms with E-state index in [4.69, 9.17) is 4.98 Å². The van der Waals surface area contributed by atoms with E-state index in [0.29, 0.717) is 17.1 Å². The summed E-state index contributed by atoms with van der Waals surface area (Å²) in [7, 11) is 0. The van der Waals surface area contributed by atoms with Crippen LogP contribution in [0.25, 0.3) is 45.3 Å². The lowest BCUT2D eigenvalue weighted by molar-refractivity contribution is -0.137. The largest absolute Gasteiger partial charge is 0.416 e. The van der Waals surface area contributed by atoms with Crippen molar-refractivity contribution in [2.24, 2.45) is 0 Å². The predicted molar refractivity (Wildman–Crippen MR) is 156 cm³/mol. The van der Waals surface area contributed by atoms with Gasteiger partial charge in [0.1, 0.15) is 11.6 Å². The third kappa shape index (κ3) is 5.57. The molecule has 0 saturated heterocycles. The first kappa shape index (κ1) is 26.3. The number of alkyl halides is 3. The first-order valence-corrected chi connectivity index (χ1v) is 13.3. The second-order valence-electron chi connectivity index (χ2n) is 10.1. The third-order valence-corrected chi connectivity index (χ3v) is 7.12. The fraction of sp³-hybridized carbons (Fsp3) is 0.118. The van der Waals surface area contributed by atoms with Crippen molar-refractivity contribution < 1.29 is 13.2 Å². The summed E-state index contributed by atoms with van der Waals surface area (Å²) in [6, 6.07) is 31.8. The molecule has 0 saturated carbocycles. The van der Waals surface area contributed by atoms with Crippen LogP contribution < -0.4 is 0 Å². The lowest BCUT2D eigenvalue weighted by Crippen LogP contribution is -2.04. The van der Waals surface area contributed by atoms with Crippen molar-refractivity contribution in [3.63, 3.8) is 0 Å². The Labute approximate surface area is 236 Å². The molecule has 0 spiro atoms. The number of benzene rings is 4. The standard InChI is InChI=1S/C34H27F3N4/c1-21-30(25-9-4-3-5-10-25)40-32(38-21)27-11-6-8-24(19-27)18-23-14-16-26(17-15-23)31-22(2)39-33(41-31)28-12-7-13-29(20-28)34(35,36)37/h3-17,19-20H,18H2,1-2H3,(H,38,40)(H,39,41). The minimum absolute atomic E-state index is 0.397. The predicted octanol–water partition coefficient (Wildman–Crippen LogP) is 9.03. The van der Waals surface area contributed by atoms with E-state index in [1.54, 1.807) is 6.07 Å². The Morgan fingerprint density at radius 1 is 0.561 bits per heavy atom. The van der Waals surface area contributed by atoms with Gasteiger partial charge in [0.25, 0.3) is 0 Å². The van der Waals surface area contributed by atoms with E-state index in [1.165, 1.54) is 6.07 Å². The molecule has 41 heavy (non-hydrogen) atoms. The van der Waals surface area contributed by atoms with Gasteiger partial charge in [0, 0.05) is 33.6 Å². The minimum atomic E-state index is -4.40. The molecule has 0 aliphatic heterocycles. The van der Waals surface area contributed by atoms with E-state index < -0.39 is 11.7 Å². The van der Waals surface area contributed by atoms with Gasteiger partial charge in [0.05, 0.1) is 17.0 Å². The first-order chi connectivity index (χ1) is 19.7. The smallest absolute Gasteiger partial charge is 0.342 e. The molecule has 0 aliphatic carbocycles. The van der Waals surface area contributed by atoms with Crippen LogP contribution in [-0.2, 0) is 12.6 Å². The molecule has 2 heterocycles. The van der Waals surface area contributed by atoms with Crippen molar-refractivity contribution in [2.45, 2.75) is 26.4 Å². The second kappa shape index (κ2) is 10.6. The molecule has 0 unspecified atom stereocenters. The Hall–Kier alpha value is -4.91. The molecule has 0 radical (unpaired) electrons. The number of hydrogen-bond donors (Lipinski definition) is 2. The van der Waals surface area contributed by atoms with Crippen LogP contribution >= 0.6 is 0 Å². The molecule has 2 N–H and O–H groups in total. The van der Waals surface area contributed by atoms with Crippen LogP contribution in [0.3, 0.4) is 0 Å². The highest BCUT2D eigenvalue weighted by atomic mass is 19.4. The maximum atomic E-state index is 13.2. The zero-order valence-corrected chi connectivity index (χ0v) is 22.6. The Kier molecular flexibility index (Phi) is 6.79. The quantitative estimate of drug-likeness (QED) is 0.218. The number of imidazole rings is 2. The molecule has 0 fully saturated rings. The molecule has 4 nitrogen and oxygen atoms in total. The van der Waals surface area contributed by atoms with Crippen LogP contribution in [0, 0.1) is 13.8 Å². The van der Waals surface area contributed by atoms with Gasteiger partial charge in [0.2, 0.25) is 0 Å². The van der Waals surface area contributed by atoms with Crippen LogP contribution in [0.15, 0.2) is 103 Å². The Morgan fingerprint density at radius 2 is 1.10 bits per heavy atom. The summed E-state index contributed by atoms with van der Waals surface area (Å²) in [5, 5.41) is 0. The molecule has 2 aromatic heterocycles. The van der Waals surface area contributed by atoms with Gasteiger partial charge in [-0.1, -0.05) is 84.9 Å². The summed E-state index contributed by atoms with van der Waals surface area (Å²) >= 11 is 0. The lowest BCUT2D eigenvalue weighted by atomic mass is 10.0. The Balaban J connectivity index is 1.20. The highest BCUT2D eigenvalue weighted by Crippen LogP contribution is 2.33. The average Bonchev–Trinajstić information content (AvgIpc) is 3.56. The van der Waals surface area contributed by atoms with Crippen LogP contribution in [0.1, 0.15) is 28.1 Å². The fourth-order valence-electron chi connectivity index (χ4n) is 5.04. The van der Waals surface area contributed by atoms with Gasteiger partial charge in [-0.15, -0.1) is 0 Å². The van der Waals surface area contributed by atoms with Crippen molar-refractivity contribution in [3.8, 4) is 45.3 Å². The van der Waals surface area contributed by atoms with Crippen LogP contribution in [0.4, 0.5) is 13.2 Å². The minimum Gasteiger partial charge on any atom is -0.342 e. The Bertz CT molecular complexity index is 1810. The van der Waals surface area contributed by atoms with Crippen molar-refractivity contribution in [2.75, 3.05) is 0 Å². The summed E-state index contributed by atoms with van der Waals surface area (Å²) in [5.41, 5.74) is 8.49. The zero-order valence-electron chi connectivity index (χ0n) is 22.6. The summed E-state index contributed by atoms with van der Waals surface area (Å²) in [5.74, 6) is 1.25. The van der Waals surface area contributed by atoms with E-state index >= 15 is 0 Å². The fourth-order valence-corrected chi connectivity index (χ4v) is 5.04. The molecule has 0 bridgehead atoms. The molecular weight excluding hydrogens is 521 g/mol. The van der Waals surface area contributed by atoms with Gasteiger partial charge >= 0.3 is 6.18 Å². The molecule has 204 valence electrons. The van der Waals surface area contributed by atoms with Gasteiger partial charge < -0.3 is 9.97 Å². The summed E-state index contributed by atoms with van der Waals surface area (Å²) < 4.78 is 39.5. The molecular formula is C34H27F3N4. The molecule has 7 heteroatoms. The van der Waals surface area contributed by atoms with Gasteiger partial charge in [-0.05, 0) is 49.6 Å². The number of rotatable bonds is 6. The number of H-pyrrole nitrogens is 2. The van der Waals surface area contributed by atoms with Gasteiger partial charge in [0.15, 0.2) is 0 Å². The number of nitrogens with zero attached hydrogens (tertiary/aromatic N) is 2. The molecule has 6 aromatic rings. The number of halogens is 3. The number of aromatic amines is 2. The van der Waals surface area contributed by atoms with Crippen LogP contribution in [-0.4, -0.2) is 19.9 Å². The SMILES string of the molecule is Cc1[nH]c(-c2cccc(Cc3ccc(-c4nc(-c5cccc(C(F)(F)F)c5)[nH]c4C)cc3)c2)nc1-c1ccccc1. The maximum absolute atomic E-state index is 13.2. The third-order valence-electron chi connectivity index (χ3n) is 7.12. The van der Waals surface area contributed by atoms with Crippen molar-refractivity contribution in [1.82, 2.24) is 19.9 Å². The number of hydrogen-bond acceptors (Lipinski definition) is 2. The van der Waals surface area contributed by atoms with E-state index in [0.717, 1.165) is 69.3 Å². The summed E-state index contributed by atoms with van der Waals surface area (Å²) in [6.45, 7) is 3.91. The number of aromatic nitrogens is 4. The van der Waals surface area contributed by atoms with Crippen molar-refractivity contribution in [3.05, 3.63) is 131 Å². The van der Waals surface area contributed by atoms with E-state index in [2.05, 4.69) is 57.4 Å². The van der Waals surface area contributed by atoms with Crippen molar-refractivity contribution in [1.29, 1.82) is 0 Å². The molecule has 6 rings (SSSR count). The van der Waals surface area contributed by atoms with Gasteiger partial charge in [-0.2, -0.15) is 13.2 Å². The molecule has 0 aliphatic rings. The van der Waals surface area contributed by atoms with Crippen LogP contribution in [0.5, 0.6) is 0 Å². The summed E-state index contributed by atoms with van der Waals surface area (Å²) in [6.07, 6.45) is -3.66. The molecule has 0 atom stereocenters. The molecule has 0 amide bonds.